The molecule has 0 spiro atoms. The number of rotatable bonds is 5. The number of aromatic nitrogens is 1. The zero-order valence-electron chi connectivity index (χ0n) is 12.1. The molecule has 0 bridgehead atoms. The first kappa shape index (κ1) is 13.7. The van der Waals surface area contributed by atoms with E-state index in [1.165, 1.54) is 0 Å². The molecule has 5 nitrogen and oxygen atoms in total. The Labute approximate surface area is 123 Å². The van der Waals surface area contributed by atoms with Crippen molar-refractivity contribution in [3.8, 4) is 0 Å². The Bertz CT molecular complexity index is 732. The minimum atomic E-state index is -0.0433. The van der Waals surface area contributed by atoms with Crippen molar-refractivity contribution in [3.63, 3.8) is 0 Å². The zero-order valence-corrected chi connectivity index (χ0v) is 12.1. The fourth-order valence-corrected chi connectivity index (χ4v) is 2.43. The molecule has 1 aliphatic rings. The second kappa shape index (κ2) is 5.60. The summed E-state index contributed by atoms with van der Waals surface area (Å²) in [5.41, 5.74) is 1.67. The number of hydrogen-bond acceptors (Lipinski definition) is 3. The first-order chi connectivity index (χ1) is 10.2. The Balaban J connectivity index is 1.70. The number of carbonyl (C=O) groups is 1. The summed E-state index contributed by atoms with van der Waals surface area (Å²) in [4.78, 5) is 23.5. The molecule has 1 aromatic carbocycles. The molecule has 0 saturated heterocycles. The fourth-order valence-electron chi connectivity index (χ4n) is 2.43. The molecule has 0 unspecified atom stereocenters. The summed E-state index contributed by atoms with van der Waals surface area (Å²) in [6.45, 7) is 1.18. The highest BCUT2D eigenvalue weighted by Crippen LogP contribution is 2.28. The van der Waals surface area contributed by atoms with E-state index in [1.807, 2.05) is 24.3 Å². The lowest BCUT2D eigenvalue weighted by Gasteiger charge is -2.12. The molecule has 3 rings (SSSR count). The van der Waals surface area contributed by atoms with Crippen LogP contribution in [0.4, 0.5) is 5.69 Å². The molecule has 1 aromatic heterocycles. The molecular weight excluding hydrogens is 266 g/mol. The predicted octanol–water partition coefficient (Wildman–Crippen LogP) is 1.48. The van der Waals surface area contributed by atoms with Crippen LogP contribution in [0.5, 0.6) is 0 Å². The van der Waals surface area contributed by atoms with Gasteiger partial charge in [0.2, 0.25) is 5.91 Å². The molecule has 110 valence electrons. The van der Waals surface area contributed by atoms with Gasteiger partial charge in [0, 0.05) is 43.2 Å². The van der Waals surface area contributed by atoms with Crippen molar-refractivity contribution in [2.24, 2.45) is 13.0 Å². The van der Waals surface area contributed by atoms with E-state index in [0.29, 0.717) is 13.1 Å². The number of aryl methyl sites for hydroxylation is 1. The number of hydrogen-bond donors (Lipinski definition) is 2. The summed E-state index contributed by atoms with van der Waals surface area (Å²) in [7, 11) is 1.77. The first-order valence-electron chi connectivity index (χ1n) is 7.27. The minimum Gasteiger partial charge on any atom is -0.383 e. The second-order valence-electron chi connectivity index (χ2n) is 5.46. The van der Waals surface area contributed by atoms with Gasteiger partial charge in [-0.15, -0.1) is 0 Å². The Hall–Kier alpha value is -2.30. The standard InChI is InChI=1S/C16H19N3O2/c1-19-14-5-3-2-4-12(14)13(10-15(19)20)17-8-9-18-16(21)11-6-7-11/h2-5,10-11,17H,6-9H2,1H3,(H,18,21). The minimum absolute atomic E-state index is 0.0433. The van der Waals surface area contributed by atoms with Crippen LogP contribution in [0, 0.1) is 5.92 Å². The number of benzene rings is 1. The molecule has 5 heteroatoms. The number of nitrogens with zero attached hydrogens (tertiary/aromatic N) is 1. The molecule has 0 radical (unpaired) electrons. The largest absolute Gasteiger partial charge is 0.383 e. The highest BCUT2D eigenvalue weighted by atomic mass is 16.2. The molecule has 21 heavy (non-hydrogen) atoms. The van der Waals surface area contributed by atoms with Gasteiger partial charge in [-0.25, -0.2) is 0 Å². The molecule has 1 fully saturated rings. The van der Waals surface area contributed by atoms with Crippen molar-refractivity contribution in [2.75, 3.05) is 18.4 Å². The van der Waals surface area contributed by atoms with Gasteiger partial charge < -0.3 is 15.2 Å². The van der Waals surface area contributed by atoms with Crippen molar-refractivity contribution in [1.29, 1.82) is 0 Å². The monoisotopic (exact) mass is 285 g/mol. The van der Waals surface area contributed by atoms with Crippen LogP contribution in [-0.2, 0) is 11.8 Å². The van der Waals surface area contributed by atoms with Crippen molar-refractivity contribution in [1.82, 2.24) is 9.88 Å². The molecular formula is C16H19N3O2. The molecule has 1 aliphatic carbocycles. The first-order valence-corrected chi connectivity index (χ1v) is 7.27. The summed E-state index contributed by atoms with van der Waals surface area (Å²) in [5, 5.41) is 7.15. The van der Waals surface area contributed by atoms with Crippen molar-refractivity contribution < 1.29 is 4.79 Å². The number of carbonyl (C=O) groups excluding carboxylic acids is 1. The van der Waals surface area contributed by atoms with Crippen LogP contribution in [0.25, 0.3) is 10.9 Å². The number of pyridine rings is 1. The molecule has 2 aromatic rings. The molecule has 1 amide bonds. The van der Waals surface area contributed by atoms with E-state index in [-0.39, 0.29) is 17.4 Å². The van der Waals surface area contributed by atoms with Crippen LogP contribution in [0.1, 0.15) is 12.8 Å². The van der Waals surface area contributed by atoms with Crippen molar-refractivity contribution >= 4 is 22.5 Å². The number of amides is 1. The maximum absolute atomic E-state index is 11.9. The topological polar surface area (TPSA) is 63.1 Å². The van der Waals surface area contributed by atoms with Gasteiger partial charge in [0.05, 0.1) is 5.52 Å². The summed E-state index contributed by atoms with van der Waals surface area (Å²) in [5.74, 6) is 0.375. The van der Waals surface area contributed by atoms with Crippen LogP contribution < -0.4 is 16.2 Å². The number of para-hydroxylation sites is 1. The fraction of sp³-hybridized carbons (Fsp3) is 0.375. The van der Waals surface area contributed by atoms with E-state index in [4.69, 9.17) is 0 Å². The van der Waals surface area contributed by atoms with Gasteiger partial charge >= 0.3 is 0 Å². The number of anilines is 1. The van der Waals surface area contributed by atoms with Gasteiger partial charge in [0.25, 0.3) is 5.56 Å². The highest BCUT2D eigenvalue weighted by molar-refractivity contribution is 5.91. The lowest BCUT2D eigenvalue weighted by Crippen LogP contribution is -2.30. The van der Waals surface area contributed by atoms with Gasteiger partial charge in [0.1, 0.15) is 0 Å². The average Bonchev–Trinajstić information content (AvgIpc) is 3.33. The summed E-state index contributed by atoms with van der Waals surface area (Å²) in [6, 6.07) is 9.38. The maximum atomic E-state index is 11.9. The normalized spacial score (nSPS) is 14.1. The molecule has 0 atom stereocenters. The van der Waals surface area contributed by atoms with Crippen LogP contribution in [0.15, 0.2) is 35.1 Å². The second-order valence-corrected chi connectivity index (χ2v) is 5.46. The lowest BCUT2D eigenvalue weighted by atomic mass is 10.2. The Morgan fingerprint density at radius 1 is 1.29 bits per heavy atom. The Morgan fingerprint density at radius 3 is 2.81 bits per heavy atom. The Morgan fingerprint density at radius 2 is 2.05 bits per heavy atom. The predicted molar refractivity (Wildman–Crippen MR) is 83.4 cm³/mol. The summed E-state index contributed by atoms with van der Waals surface area (Å²) in [6.07, 6.45) is 2.03. The third-order valence-electron chi connectivity index (χ3n) is 3.84. The zero-order chi connectivity index (χ0) is 14.8. The van der Waals surface area contributed by atoms with Crippen LogP contribution in [-0.4, -0.2) is 23.6 Å². The third kappa shape index (κ3) is 2.91. The van der Waals surface area contributed by atoms with Crippen molar-refractivity contribution in [3.05, 3.63) is 40.7 Å². The van der Waals surface area contributed by atoms with Gasteiger partial charge in [-0.1, -0.05) is 18.2 Å². The van der Waals surface area contributed by atoms with E-state index in [2.05, 4.69) is 10.6 Å². The van der Waals surface area contributed by atoms with E-state index in [0.717, 1.165) is 29.4 Å². The number of fused-ring (bicyclic) bond motifs is 1. The molecule has 1 heterocycles. The average molecular weight is 285 g/mol. The molecule has 2 N–H and O–H groups in total. The van der Waals surface area contributed by atoms with Crippen LogP contribution in [0.3, 0.4) is 0 Å². The van der Waals surface area contributed by atoms with E-state index in [1.54, 1.807) is 17.7 Å². The van der Waals surface area contributed by atoms with E-state index in [9.17, 15) is 9.59 Å². The summed E-state index contributed by atoms with van der Waals surface area (Å²) >= 11 is 0. The number of nitrogens with one attached hydrogen (secondary N) is 2. The van der Waals surface area contributed by atoms with Gasteiger partial charge in [-0.3, -0.25) is 9.59 Å². The highest BCUT2D eigenvalue weighted by Gasteiger charge is 2.28. The smallest absolute Gasteiger partial charge is 0.252 e. The molecule has 0 aliphatic heterocycles. The third-order valence-corrected chi connectivity index (χ3v) is 3.84. The maximum Gasteiger partial charge on any atom is 0.252 e. The van der Waals surface area contributed by atoms with Gasteiger partial charge in [0.15, 0.2) is 0 Å². The van der Waals surface area contributed by atoms with Gasteiger partial charge in [-0.2, -0.15) is 0 Å². The molecule has 1 saturated carbocycles. The lowest BCUT2D eigenvalue weighted by molar-refractivity contribution is -0.122. The SMILES string of the molecule is Cn1c(=O)cc(NCCNC(=O)C2CC2)c2ccccc21. The van der Waals surface area contributed by atoms with E-state index < -0.39 is 0 Å². The summed E-state index contributed by atoms with van der Waals surface area (Å²) < 4.78 is 1.63. The van der Waals surface area contributed by atoms with E-state index >= 15 is 0 Å². The Kier molecular flexibility index (Phi) is 3.64. The van der Waals surface area contributed by atoms with Crippen LogP contribution in [0.2, 0.25) is 0 Å². The quantitative estimate of drug-likeness (QED) is 0.818. The van der Waals surface area contributed by atoms with Crippen LogP contribution >= 0.6 is 0 Å². The van der Waals surface area contributed by atoms with Crippen molar-refractivity contribution in [2.45, 2.75) is 12.8 Å². The van der Waals surface area contributed by atoms with Gasteiger partial charge in [-0.05, 0) is 18.9 Å².